The van der Waals surface area contributed by atoms with Crippen molar-refractivity contribution < 1.29 is 4.74 Å². The van der Waals surface area contributed by atoms with Crippen molar-refractivity contribution in [1.82, 2.24) is 9.88 Å². The highest BCUT2D eigenvalue weighted by atomic mass is 35.5. The molecule has 3 fully saturated rings. The van der Waals surface area contributed by atoms with Crippen LogP contribution in [0, 0.1) is 5.92 Å². The first-order chi connectivity index (χ1) is 10.5. The Kier molecular flexibility index (Phi) is 4.48. The van der Waals surface area contributed by atoms with Gasteiger partial charge in [0, 0.05) is 25.7 Å². The molecule has 4 rings (SSSR count). The van der Waals surface area contributed by atoms with E-state index in [0.717, 1.165) is 19.6 Å². The molecule has 1 atom stereocenters. The van der Waals surface area contributed by atoms with E-state index in [2.05, 4.69) is 27.1 Å². The molecule has 3 aliphatic rings. The molecule has 0 amide bonds. The summed E-state index contributed by atoms with van der Waals surface area (Å²) in [7, 11) is 1.69. The number of nitrogens with one attached hydrogen (secondary N) is 1. The second kappa shape index (κ2) is 6.22. The van der Waals surface area contributed by atoms with Gasteiger partial charge in [0.25, 0.3) is 6.02 Å². The number of hydrogen-bond donors (Lipinski definition) is 1. The molecule has 4 heterocycles. The number of rotatable bonds is 2. The Bertz CT molecular complexity index is 587. The van der Waals surface area contributed by atoms with E-state index in [9.17, 15) is 0 Å². The van der Waals surface area contributed by atoms with Gasteiger partial charge in [0.2, 0.25) is 0 Å². The summed E-state index contributed by atoms with van der Waals surface area (Å²) in [6.45, 7) is 5.41. The molecule has 22 heavy (non-hydrogen) atoms. The van der Waals surface area contributed by atoms with Gasteiger partial charge in [-0.3, -0.25) is 10.2 Å². The maximum absolute atomic E-state index is 6.22. The summed E-state index contributed by atoms with van der Waals surface area (Å²) < 4.78 is 6.22. The van der Waals surface area contributed by atoms with Crippen LogP contribution in [0.4, 0.5) is 5.82 Å². The number of piperidine rings is 3. The molecule has 0 aromatic carbocycles. The minimum atomic E-state index is -0.233. The smallest absolute Gasteiger partial charge is 0.290 e. The molecule has 0 unspecified atom stereocenters. The van der Waals surface area contributed by atoms with E-state index in [1.165, 1.54) is 12.8 Å². The molecule has 120 valence electrons. The summed E-state index contributed by atoms with van der Waals surface area (Å²) in [5, 5.41) is 3.87. The summed E-state index contributed by atoms with van der Waals surface area (Å²) in [6.07, 6.45) is 3.94. The highest BCUT2D eigenvalue weighted by molar-refractivity contribution is 6.43. The van der Waals surface area contributed by atoms with Gasteiger partial charge >= 0.3 is 0 Å². The van der Waals surface area contributed by atoms with Crippen LogP contribution in [-0.4, -0.2) is 48.2 Å². The molecule has 1 N–H and O–H groups in total. The Morgan fingerprint density at radius 2 is 2.18 bits per heavy atom. The third-order valence-electron chi connectivity index (χ3n) is 4.59. The van der Waals surface area contributed by atoms with Crippen molar-refractivity contribution in [3.8, 4) is 0 Å². The molecule has 0 aliphatic carbocycles. The second-order valence-corrected chi connectivity index (χ2v) is 6.86. The van der Waals surface area contributed by atoms with Crippen molar-refractivity contribution in [2.45, 2.75) is 25.4 Å². The van der Waals surface area contributed by atoms with Crippen molar-refractivity contribution in [3.63, 3.8) is 0 Å². The van der Waals surface area contributed by atoms with Crippen LogP contribution in [0.5, 0.6) is 0 Å². The van der Waals surface area contributed by atoms with Crippen LogP contribution in [-0.2, 0) is 4.74 Å². The maximum atomic E-state index is 6.22. The van der Waals surface area contributed by atoms with E-state index in [-0.39, 0.29) is 5.60 Å². The molecular formula is C15H20Cl2N4O. The number of nitrogens with zero attached hydrogens (tertiary/aromatic N) is 3. The van der Waals surface area contributed by atoms with Crippen LogP contribution in [0.15, 0.2) is 17.3 Å². The first-order valence-corrected chi connectivity index (χ1v) is 8.22. The van der Waals surface area contributed by atoms with E-state index >= 15 is 0 Å². The van der Waals surface area contributed by atoms with Crippen molar-refractivity contribution in [1.29, 1.82) is 0 Å². The highest BCUT2D eigenvalue weighted by Crippen LogP contribution is 2.38. The fourth-order valence-electron chi connectivity index (χ4n) is 3.35. The van der Waals surface area contributed by atoms with Gasteiger partial charge in [-0.1, -0.05) is 23.2 Å². The van der Waals surface area contributed by atoms with Crippen LogP contribution in [0.2, 0.25) is 10.0 Å². The van der Waals surface area contributed by atoms with E-state index in [1.807, 2.05) is 0 Å². The maximum Gasteiger partial charge on any atom is 0.290 e. The van der Waals surface area contributed by atoms with Gasteiger partial charge in [-0.15, -0.1) is 0 Å². The Hall–Kier alpha value is -1.04. The highest BCUT2D eigenvalue weighted by Gasteiger charge is 2.45. The lowest BCUT2D eigenvalue weighted by atomic mass is 9.76. The molecule has 1 aromatic heterocycles. The SMILES string of the molecule is CN=C(Nc1nccc(Cl)c1Cl)O[C@@]1(C)CN2CCC1CC2. The van der Waals surface area contributed by atoms with Gasteiger partial charge in [0.15, 0.2) is 5.82 Å². The fourth-order valence-corrected chi connectivity index (χ4v) is 3.65. The normalized spacial score (nSPS) is 31.2. The molecule has 2 bridgehead atoms. The lowest BCUT2D eigenvalue weighted by Crippen LogP contribution is -2.59. The Morgan fingerprint density at radius 1 is 1.45 bits per heavy atom. The molecule has 3 saturated heterocycles. The fraction of sp³-hybridized carbons (Fsp3) is 0.600. The minimum absolute atomic E-state index is 0.233. The quantitative estimate of drug-likeness (QED) is 0.661. The average molecular weight is 343 g/mol. The monoisotopic (exact) mass is 342 g/mol. The van der Waals surface area contributed by atoms with Crippen molar-refractivity contribution in [2.75, 3.05) is 32.0 Å². The molecule has 5 nitrogen and oxygen atoms in total. The number of halogens is 2. The van der Waals surface area contributed by atoms with Crippen molar-refractivity contribution >= 4 is 35.0 Å². The predicted octanol–water partition coefficient (Wildman–Crippen LogP) is 3.29. The summed E-state index contributed by atoms with van der Waals surface area (Å²) in [5.74, 6) is 1.01. The zero-order valence-electron chi connectivity index (χ0n) is 12.8. The predicted molar refractivity (Wildman–Crippen MR) is 89.9 cm³/mol. The van der Waals surface area contributed by atoms with E-state index in [0.29, 0.717) is 27.8 Å². The summed E-state index contributed by atoms with van der Waals surface area (Å²) in [4.78, 5) is 10.8. The van der Waals surface area contributed by atoms with Crippen LogP contribution < -0.4 is 5.32 Å². The zero-order valence-corrected chi connectivity index (χ0v) is 14.3. The Balaban J connectivity index is 1.74. The van der Waals surface area contributed by atoms with Gasteiger partial charge in [0.05, 0.1) is 5.02 Å². The minimum Gasteiger partial charge on any atom is -0.457 e. The van der Waals surface area contributed by atoms with Gasteiger partial charge in [-0.2, -0.15) is 0 Å². The molecular weight excluding hydrogens is 323 g/mol. The number of hydrogen-bond acceptors (Lipinski definition) is 4. The lowest BCUT2D eigenvalue weighted by Gasteiger charge is -2.51. The third-order valence-corrected chi connectivity index (χ3v) is 5.38. The van der Waals surface area contributed by atoms with Crippen LogP contribution in [0.25, 0.3) is 0 Å². The number of aliphatic imine (C=N–C) groups is 1. The van der Waals surface area contributed by atoms with E-state index < -0.39 is 0 Å². The third kappa shape index (κ3) is 3.03. The topological polar surface area (TPSA) is 49.8 Å². The van der Waals surface area contributed by atoms with Crippen molar-refractivity contribution in [2.24, 2.45) is 10.9 Å². The summed E-state index contributed by atoms with van der Waals surface area (Å²) in [5.41, 5.74) is -0.233. The first-order valence-electron chi connectivity index (χ1n) is 7.47. The summed E-state index contributed by atoms with van der Waals surface area (Å²) in [6, 6.07) is 2.07. The number of amidine groups is 1. The molecule has 0 saturated carbocycles. The molecule has 0 radical (unpaired) electrons. The summed E-state index contributed by atoms with van der Waals surface area (Å²) >= 11 is 12.2. The van der Waals surface area contributed by atoms with Gasteiger partial charge in [0.1, 0.15) is 10.6 Å². The van der Waals surface area contributed by atoms with E-state index in [4.69, 9.17) is 27.9 Å². The van der Waals surface area contributed by atoms with Crippen LogP contribution >= 0.6 is 23.2 Å². The molecule has 0 spiro atoms. The lowest BCUT2D eigenvalue weighted by molar-refractivity contribution is -0.0885. The Labute approximate surface area is 140 Å². The standard InChI is InChI=1S/C15H20Cl2N4O/c1-15(9-21-7-4-10(15)5-8-21)22-14(18-2)20-13-12(17)11(16)3-6-19-13/h3,6,10H,4-5,7-9H2,1-2H3,(H,18,19,20)/t15-/m0/s1. The first kappa shape index (κ1) is 15.8. The average Bonchev–Trinajstić information content (AvgIpc) is 2.51. The number of aromatic nitrogens is 1. The Morgan fingerprint density at radius 3 is 2.77 bits per heavy atom. The van der Waals surface area contributed by atoms with Gasteiger partial charge in [-0.25, -0.2) is 9.98 Å². The molecule has 7 heteroatoms. The van der Waals surface area contributed by atoms with Gasteiger partial charge < -0.3 is 4.74 Å². The number of pyridine rings is 1. The number of ether oxygens (including phenoxy) is 1. The largest absolute Gasteiger partial charge is 0.457 e. The van der Waals surface area contributed by atoms with Crippen LogP contribution in [0.3, 0.4) is 0 Å². The molecule has 1 aromatic rings. The van der Waals surface area contributed by atoms with Crippen LogP contribution in [0.1, 0.15) is 19.8 Å². The zero-order chi connectivity index (χ0) is 15.7. The van der Waals surface area contributed by atoms with E-state index in [1.54, 1.807) is 19.3 Å². The number of fused-ring (bicyclic) bond motifs is 3. The molecule has 3 aliphatic heterocycles. The van der Waals surface area contributed by atoms with Crippen molar-refractivity contribution in [3.05, 3.63) is 22.3 Å². The number of anilines is 1. The second-order valence-electron chi connectivity index (χ2n) is 6.07. The van der Waals surface area contributed by atoms with Gasteiger partial charge in [-0.05, 0) is 38.9 Å².